The molecule has 1 amide bonds. The van der Waals surface area contributed by atoms with Crippen molar-refractivity contribution < 1.29 is 40.2 Å². The first-order valence-corrected chi connectivity index (χ1v) is 10.6. The van der Waals surface area contributed by atoms with Crippen LogP contribution in [0.5, 0.6) is 17.2 Å². The van der Waals surface area contributed by atoms with E-state index < -0.39 is 44.8 Å². The number of sulfonamides is 1. The second-order valence-electron chi connectivity index (χ2n) is 6.73. The highest BCUT2D eigenvalue weighted by Gasteiger charge is 2.34. The van der Waals surface area contributed by atoms with Crippen molar-refractivity contribution in [3.8, 4) is 28.4 Å². The molecule has 0 heterocycles. The van der Waals surface area contributed by atoms with Crippen molar-refractivity contribution in [2.24, 2.45) is 10.9 Å². The average Bonchev–Trinajstić information content (AvgIpc) is 2.73. The fraction of sp³-hybridized carbons (Fsp3) is 0.0952. The topological polar surface area (TPSA) is 122 Å². The number of rotatable bonds is 6. The summed E-state index contributed by atoms with van der Waals surface area (Å²) in [5.74, 6) is -2.60. The predicted molar refractivity (Wildman–Crippen MR) is 110 cm³/mol. The van der Waals surface area contributed by atoms with E-state index >= 15 is 0 Å². The molecule has 0 aliphatic heterocycles. The molecule has 4 N–H and O–H groups in total. The Kier molecular flexibility index (Phi) is 6.34. The van der Waals surface area contributed by atoms with Crippen LogP contribution in [0.25, 0.3) is 11.1 Å². The van der Waals surface area contributed by atoms with Crippen LogP contribution in [-0.4, -0.2) is 21.4 Å². The number of hydrogen-bond donors (Lipinski definition) is 2. The Bertz CT molecular complexity index is 1340. The molecular weight excluding hydrogens is 468 g/mol. The Balaban J connectivity index is 2.35. The smallest absolute Gasteiger partial charge is 0.416 e. The lowest BCUT2D eigenvalue weighted by Crippen LogP contribution is -2.16. The molecular formula is C21H16F4N2O5S. The van der Waals surface area contributed by atoms with Gasteiger partial charge in [0.25, 0.3) is 5.91 Å². The van der Waals surface area contributed by atoms with E-state index in [1.807, 2.05) is 0 Å². The van der Waals surface area contributed by atoms with Gasteiger partial charge in [-0.2, -0.15) is 13.2 Å². The minimum absolute atomic E-state index is 0.0637. The second kappa shape index (κ2) is 8.71. The number of primary sulfonamides is 1. The van der Waals surface area contributed by atoms with Crippen LogP contribution in [0.3, 0.4) is 0 Å². The van der Waals surface area contributed by atoms with Gasteiger partial charge < -0.3 is 15.2 Å². The number of primary amides is 1. The SMILES string of the molecule is COc1cc(F)ccc1Oc1c(C(N)=O)cc(C(F)(F)F)cc1-c1cccc(S(N)(=O)=O)c1. The molecule has 0 unspecified atom stereocenters. The molecule has 0 fully saturated rings. The third kappa shape index (κ3) is 5.23. The summed E-state index contributed by atoms with van der Waals surface area (Å²) in [7, 11) is -2.99. The fourth-order valence-corrected chi connectivity index (χ4v) is 3.54. The van der Waals surface area contributed by atoms with Crippen molar-refractivity contribution in [1.29, 1.82) is 0 Å². The zero-order valence-corrected chi connectivity index (χ0v) is 17.6. The Morgan fingerprint density at radius 3 is 2.27 bits per heavy atom. The fourth-order valence-electron chi connectivity index (χ4n) is 2.98. The van der Waals surface area contributed by atoms with Gasteiger partial charge in [-0.15, -0.1) is 0 Å². The summed E-state index contributed by atoms with van der Waals surface area (Å²) >= 11 is 0. The van der Waals surface area contributed by atoms with Crippen LogP contribution in [0.4, 0.5) is 17.6 Å². The summed E-state index contributed by atoms with van der Waals surface area (Å²) in [4.78, 5) is 11.7. The van der Waals surface area contributed by atoms with E-state index in [9.17, 15) is 30.8 Å². The summed E-state index contributed by atoms with van der Waals surface area (Å²) in [5, 5.41) is 5.13. The number of methoxy groups -OCH3 is 1. The number of carbonyl (C=O) groups is 1. The Labute approximate surface area is 185 Å². The van der Waals surface area contributed by atoms with Gasteiger partial charge in [-0.05, 0) is 42.0 Å². The van der Waals surface area contributed by atoms with E-state index in [1.54, 1.807) is 0 Å². The van der Waals surface area contributed by atoms with E-state index in [0.29, 0.717) is 12.1 Å². The number of ether oxygens (including phenoxy) is 2. The molecule has 0 saturated heterocycles. The van der Waals surface area contributed by atoms with Gasteiger partial charge in [-0.3, -0.25) is 4.79 Å². The summed E-state index contributed by atoms with van der Waals surface area (Å²) in [6.45, 7) is 0. The quantitative estimate of drug-likeness (QED) is 0.511. The molecule has 0 aliphatic carbocycles. The summed E-state index contributed by atoms with van der Waals surface area (Å²) in [6.07, 6.45) is -4.87. The van der Waals surface area contributed by atoms with Crippen molar-refractivity contribution in [2.45, 2.75) is 11.1 Å². The van der Waals surface area contributed by atoms with Gasteiger partial charge in [0.1, 0.15) is 11.6 Å². The van der Waals surface area contributed by atoms with Crippen LogP contribution in [0.2, 0.25) is 0 Å². The predicted octanol–water partition coefficient (Wildman–Crippen LogP) is 4.06. The highest BCUT2D eigenvalue weighted by molar-refractivity contribution is 7.89. The van der Waals surface area contributed by atoms with Crippen LogP contribution in [-0.2, 0) is 16.2 Å². The average molecular weight is 484 g/mol. The number of alkyl halides is 3. The minimum Gasteiger partial charge on any atom is -0.493 e. The van der Waals surface area contributed by atoms with E-state index in [0.717, 1.165) is 30.3 Å². The summed E-state index contributed by atoms with van der Waals surface area (Å²) in [5.41, 5.74) is 3.08. The first-order valence-electron chi connectivity index (χ1n) is 9.01. The van der Waals surface area contributed by atoms with Crippen molar-refractivity contribution in [2.75, 3.05) is 7.11 Å². The lowest BCUT2D eigenvalue weighted by molar-refractivity contribution is -0.137. The molecule has 12 heteroatoms. The number of halogens is 4. The third-order valence-electron chi connectivity index (χ3n) is 4.49. The highest BCUT2D eigenvalue weighted by Crippen LogP contribution is 2.43. The van der Waals surface area contributed by atoms with Crippen molar-refractivity contribution in [3.63, 3.8) is 0 Å². The Hall–Kier alpha value is -3.64. The van der Waals surface area contributed by atoms with Gasteiger partial charge in [0, 0.05) is 11.6 Å². The van der Waals surface area contributed by atoms with E-state index in [2.05, 4.69) is 0 Å². The minimum atomic E-state index is -4.87. The molecule has 3 aromatic carbocycles. The van der Waals surface area contributed by atoms with Gasteiger partial charge in [0.2, 0.25) is 10.0 Å². The van der Waals surface area contributed by atoms with Crippen LogP contribution >= 0.6 is 0 Å². The molecule has 0 bridgehead atoms. The standard InChI is InChI=1S/C21H16F4N2O5S/c1-31-18-10-13(22)5-6-17(18)32-19-15(11-3-2-4-14(7-11)33(27,29)30)8-12(21(23,24)25)9-16(19)20(26)28/h2-10H,1H3,(H2,26,28)(H2,27,29,30). The van der Waals surface area contributed by atoms with E-state index in [-0.39, 0.29) is 27.5 Å². The van der Waals surface area contributed by atoms with Gasteiger partial charge >= 0.3 is 6.18 Å². The molecule has 0 saturated carbocycles. The molecule has 3 aromatic rings. The van der Waals surface area contributed by atoms with E-state index in [1.165, 1.54) is 19.2 Å². The number of amides is 1. The van der Waals surface area contributed by atoms with Crippen LogP contribution in [0.1, 0.15) is 15.9 Å². The molecule has 7 nitrogen and oxygen atoms in total. The number of carbonyl (C=O) groups excluding carboxylic acids is 1. The zero-order valence-electron chi connectivity index (χ0n) is 16.8. The highest BCUT2D eigenvalue weighted by atomic mass is 32.2. The van der Waals surface area contributed by atoms with Crippen molar-refractivity contribution in [3.05, 3.63) is 71.5 Å². The molecule has 0 radical (unpaired) electrons. The van der Waals surface area contributed by atoms with Gasteiger partial charge in [-0.1, -0.05) is 12.1 Å². The van der Waals surface area contributed by atoms with Gasteiger partial charge in [0.05, 0.1) is 23.1 Å². The van der Waals surface area contributed by atoms with Crippen LogP contribution in [0.15, 0.2) is 59.5 Å². The van der Waals surface area contributed by atoms with Crippen LogP contribution < -0.4 is 20.3 Å². The molecule has 0 atom stereocenters. The molecule has 3 rings (SSSR count). The monoisotopic (exact) mass is 484 g/mol. The second-order valence-corrected chi connectivity index (χ2v) is 8.29. The Morgan fingerprint density at radius 2 is 1.70 bits per heavy atom. The third-order valence-corrected chi connectivity index (χ3v) is 5.40. The normalized spacial score (nSPS) is 11.8. The number of hydrogen-bond acceptors (Lipinski definition) is 5. The number of nitrogens with two attached hydrogens (primary N) is 2. The van der Waals surface area contributed by atoms with E-state index in [4.69, 9.17) is 20.3 Å². The lowest BCUT2D eigenvalue weighted by Gasteiger charge is -2.19. The first kappa shape index (κ1) is 24.0. The molecule has 33 heavy (non-hydrogen) atoms. The summed E-state index contributed by atoms with van der Waals surface area (Å²) in [6, 6.07) is 8.99. The van der Waals surface area contributed by atoms with Crippen molar-refractivity contribution in [1.82, 2.24) is 0 Å². The molecule has 0 aliphatic rings. The maximum Gasteiger partial charge on any atom is 0.416 e. The van der Waals surface area contributed by atoms with Crippen LogP contribution in [0, 0.1) is 5.82 Å². The molecule has 0 spiro atoms. The molecule has 0 aromatic heterocycles. The van der Waals surface area contributed by atoms with Gasteiger partial charge in [0.15, 0.2) is 11.5 Å². The van der Waals surface area contributed by atoms with Crippen molar-refractivity contribution >= 4 is 15.9 Å². The number of benzene rings is 3. The maximum absolute atomic E-state index is 13.6. The zero-order chi connectivity index (χ0) is 24.6. The maximum atomic E-state index is 13.6. The molecule has 174 valence electrons. The lowest BCUT2D eigenvalue weighted by atomic mass is 9.97. The summed E-state index contributed by atoms with van der Waals surface area (Å²) < 4.78 is 88.4. The van der Waals surface area contributed by atoms with Gasteiger partial charge in [-0.25, -0.2) is 17.9 Å². The first-order chi connectivity index (χ1) is 15.3. The largest absolute Gasteiger partial charge is 0.493 e. The Morgan fingerprint density at radius 1 is 1.00 bits per heavy atom.